The van der Waals surface area contributed by atoms with Crippen LogP contribution in [0.25, 0.3) is 11.1 Å². The van der Waals surface area contributed by atoms with Crippen molar-refractivity contribution in [3.63, 3.8) is 0 Å². The van der Waals surface area contributed by atoms with Crippen molar-refractivity contribution in [2.45, 2.75) is 82.0 Å². The molecule has 3 aromatic rings. The number of cyclic esters (lactones) is 1. The Morgan fingerprint density at radius 2 is 1.53 bits per heavy atom. The van der Waals surface area contributed by atoms with Gasteiger partial charge in [-0.1, -0.05) is 11.8 Å². The Kier molecular flexibility index (Phi) is 8.99. The molecule has 0 spiro atoms. The van der Waals surface area contributed by atoms with Gasteiger partial charge in [0.05, 0.1) is 47.7 Å². The Labute approximate surface area is 271 Å². The van der Waals surface area contributed by atoms with Crippen LogP contribution in [-0.2, 0) is 32.9 Å². The van der Waals surface area contributed by atoms with E-state index in [-0.39, 0.29) is 18.5 Å². The Bertz CT molecular complexity index is 1640. The van der Waals surface area contributed by atoms with Gasteiger partial charge in [0.1, 0.15) is 6.10 Å². The average Bonchev–Trinajstić information content (AvgIpc) is 3.40. The number of halogens is 6. The predicted octanol–water partition coefficient (Wildman–Crippen LogP) is 6.69. The first-order valence-corrected chi connectivity index (χ1v) is 15.5. The van der Waals surface area contributed by atoms with Gasteiger partial charge in [-0.25, -0.2) is 19.7 Å². The molecule has 2 saturated heterocycles. The highest BCUT2D eigenvalue weighted by Crippen LogP contribution is 2.42. The molecule has 2 aromatic heterocycles. The predicted molar refractivity (Wildman–Crippen MR) is 160 cm³/mol. The molecular weight excluding hydrogens is 653 g/mol. The molecule has 1 amide bonds. The minimum atomic E-state index is -5.06. The number of alkyl halides is 6. The lowest BCUT2D eigenvalue weighted by molar-refractivity contribution is -0.143. The topological polar surface area (TPSA) is 95.9 Å². The number of nitrogens with zero attached hydrogens (tertiary/aromatic N) is 4. The molecular formula is C30H31BF6N4O5S. The van der Waals surface area contributed by atoms with Gasteiger partial charge >= 0.3 is 25.6 Å². The molecule has 252 valence electrons. The smallest absolute Gasteiger partial charge is 0.481 e. The lowest BCUT2D eigenvalue weighted by Gasteiger charge is -2.32. The Hall–Kier alpha value is -3.57. The van der Waals surface area contributed by atoms with Gasteiger partial charge in [0.15, 0.2) is 5.16 Å². The summed E-state index contributed by atoms with van der Waals surface area (Å²) in [5.74, 6) is 0.200. The maximum atomic E-state index is 13.6. The van der Waals surface area contributed by atoms with Crippen LogP contribution in [0.15, 0.2) is 41.8 Å². The fourth-order valence-corrected chi connectivity index (χ4v) is 5.60. The monoisotopic (exact) mass is 684 g/mol. The van der Waals surface area contributed by atoms with Gasteiger partial charge in [-0.05, 0) is 70.7 Å². The summed E-state index contributed by atoms with van der Waals surface area (Å²) in [5.41, 5.74) is -2.99. The lowest BCUT2D eigenvalue weighted by Crippen LogP contribution is -2.41. The number of carbonyl (C=O) groups is 1. The molecule has 4 heterocycles. The van der Waals surface area contributed by atoms with E-state index < -0.39 is 65.6 Å². The number of hydrogen-bond acceptors (Lipinski definition) is 9. The SMILES string of the molecule is COc1ncc(B2OC(C)(C)C(C)(C)O2)cc1-c1cnc(SC)nc1CN1C(=O)O[C@H](c2cc(C(F)(F)F)cc(C(F)(F)F)c2)[C@@H]1C. The number of benzene rings is 1. The Morgan fingerprint density at radius 3 is 2.06 bits per heavy atom. The third-order valence-electron chi connectivity index (χ3n) is 8.56. The fourth-order valence-electron chi connectivity index (χ4n) is 5.24. The number of rotatable bonds is 7. The minimum absolute atomic E-state index is 0.0268. The van der Waals surface area contributed by atoms with Crippen LogP contribution in [0.4, 0.5) is 31.1 Å². The standard InChI is InChI=1S/C30H31BF6N4O5S/c1-15-23(16-8-17(29(32,33)34)10-18(9-16)30(35,36)37)44-26(42)41(15)14-22-21(13-39-25(40-22)47-7)20-11-19(12-38-24(20)43-6)31-45-27(2,3)28(4,5)46-31/h8-13,15,23H,14H2,1-7H3/t15-,23-/m0/s1. The number of hydrogen-bond donors (Lipinski definition) is 0. The zero-order chi connectivity index (χ0) is 34.7. The fraction of sp³-hybridized carbons (Fsp3) is 0.467. The number of thioether (sulfide) groups is 1. The highest BCUT2D eigenvalue weighted by Gasteiger charge is 2.52. The van der Waals surface area contributed by atoms with Gasteiger partial charge in [0.25, 0.3) is 0 Å². The van der Waals surface area contributed by atoms with Crippen molar-refractivity contribution in [3.8, 4) is 17.0 Å². The molecule has 0 bridgehead atoms. The van der Waals surface area contributed by atoms with E-state index in [1.54, 1.807) is 18.5 Å². The molecule has 2 fully saturated rings. The van der Waals surface area contributed by atoms with Crippen LogP contribution >= 0.6 is 11.8 Å². The van der Waals surface area contributed by atoms with Crippen molar-refractivity contribution in [1.82, 2.24) is 19.9 Å². The number of methoxy groups -OCH3 is 1. The second-order valence-corrected chi connectivity index (χ2v) is 12.9. The number of amides is 1. The van der Waals surface area contributed by atoms with Crippen molar-refractivity contribution >= 4 is 30.4 Å². The second-order valence-electron chi connectivity index (χ2n) is 12.1. The Morgan fingerprint density at radius 1 is 0.936 bits per heavy atom. The van der Waals surface area contributed by atoms with Gasteiger partial charge in [0.2, 0.25) is 5.88 Å². The van der Waals surface area contributed by atoms with Crippen LogP contribution in [0.2, 0.25) is 0 Å². The molecule has 0 radical (unpaired) electrons. The first-order chi connectivity index (χ1) is 21.8. The molecule has 0 N–H and O–H groups in total. The van der Waals surface area contributed by atoms with Crippen LogP contribution in [0.5, 0.6) is 5.88 Å². The van der Waals surface area contributed by atoms with Crippen LogP contribution in [-0.4, -0.2) is 63.7 Å². The van der Waals surface area contributed by atoms with Gasteiger partial charge in [-0.3, -0.25) is 4.90 Å². The second kappa shape index (κ2) is 12.2. The van der Waals surface area contributed by atoms with E-state index >= 15 is 0 Å². The molecule has 9 nitrogen and oxygen atoms in total. The molecule has 5 rings (SSSR count). The molecule has 2 aliphatic rings. The van der Waals surface area contributed by atoms with E-state index in [2.05, 4.69) is 15.0 Å². The first-order valence-electron chi connectivity index (χ1n) is 14.3. The number of pyridine rings is 1. The van der Waals surface area contributed by atoms with Gasteiger partial charge in [0, 0.05) is 29.0 Å². The van der Waals surface area contributed by atoms with Crippen molar-refractivity contribution in [1.29, 1.82) is 0 Å². The minimum Gasteiger partial charge on any atom is -0.481 e. The van der Waals surface area contributed by atoms with E-state index in [4.69, 9.17) is 18.8 Å². The maximum absolute atomic E-state index is 13.6. The normalized spacial score (nSPS) is 20.9. The average molecular weight is 684 g/mol. The van der Waals surface area contributed by atoms with Crippen molar-refractivity contribution in [2.24, 2.45) is 0 Å². The van der Waals surface area contributed by atoms with E-state index in [1.165, 1.54) is 36.9 Å². The lowest BCUT2D eigenvalue weighted by atomic mass is 9.79. The third-order valence-corrected chi connectivity index (χ3v) is 9.12. The van der Waals surface area contributed by atoms with E-state index in [0.717, 1.165) is 0 Å². The molecule has 2 atom stereocenters. The van der Waals surface area contributed by atoms with E-state index in [9.17, 15) is 31.1 Å². The summed E-state index contributed by atoms with van der Waals surface area (Å²) in [5, 5.41) is 0.349. The van der Waals surface area contributed by atoms with Crippen LogP contribution in [0.1, 0.15) is 63.1 Å². The summed E-state index contributed by atoms with van der Waals surface area (Å²) in [6, 6.07) is 1.91. The quantitative estimate of drug-likeness (QED) is 0.117. The van der Waals surface area contributed by atoms with Gasteiger partial charge < -0.3 is 18.8 Å². The van der Waals surface area contributed by atoms with Crippen LogP contribution in [0, 0.1) is 0 Å². The van der Waals surface area contributed by atoms with Crippen LogP contribution in [0.3, 0.4) is 0 Å². The molecule has 1 aromatic carbocycles. The third kappa shape index (κ3) is 6.74. The van der Waals surface area contributed by atoms with Crippen molar-refractivity contribution < 1.29 is 49.9 Å². The number of carbonyl (C=O) groups excluding carboxylic acids is 1. The maximum Gasteiger partial charge on any atom is 0.496 e. The van der Waals surface area contributed by atoms with Gasteiger partial charge in [-0.2, -0.15) is 26.3 Å². The molecule has 0 unspecified atom stereocenters. The summed E-state index contributed by atoms with van der Waals surface area (Å²) >= 11 is 1.23. The largest absolute Gasteiger partial charge is 0.496 e. The molecule has 2 aliphatic heterocycles. The molecule has 0 saturated carbocycles. The first kappa shape index (κ1) is 34.8. The zero-order valence-corrected chi connectivity index (χ0v) is 27.2. The number of aromatic nitrogens is 3. The highest BCUT2D eigenvalue weighted by atomic mass is 32.2. The summed E-state index contributed by atoms with van der Waals surface area (Å²) in [4.78, 5) is 27.8. The van der Waals surface area contributed by atoms with Crippen molar-refractivity contribution in [3.05, 3.63) is 59.0 Å². The summed E-state index contributed by atoms with van der Waals surface area (Å²) in [6.45, 7) is 8.88. The number of ether oxygens (including phenoxy) is 2. The summed E-state index contributed by atoms with van der Waals surface area (Å²) in [7, 11) is 0.654. The Balaban J connectivity index is 1.52. The highest BCUT2D eigenvalue weighted by molar-refractivity contribution is 7.98. The summed E-state index contributed by atoms with van der Waals surface area (Å²) < 4.78 is 105. The molecule has 0 aliphatic carbocycles. The van der Waals surface area contributed by atoms with Crippen molar-refractivity contribution in [2.75, 3.05) is 13.4 Å². The van der Waals surface area contributed by atoms with E-state index in [1.807, 2.05) is 27.7 Å². The van der Waals surface area contributed by atoms with Gasteiger partial charge in [-0.15, -0.1) is 0 Å². The molecule has 17 heteroatoms. The molecule has 47 heavy (non-hydrogen) atoms. The van der Waals surface area contributed by atoms with Crippen LogP contribution < -0.4 is 10.2 Å². The van der Waals surface area contributed by atoms with E-state index in [0.29, 0.717) is 39.6 Å². The summed E-state index contributed by atoms with van der Waals surface area (Å²) in [6.07, 6.45) is -7.68. The zero-order valence-electron chi connectivity index (χ0n) is 26.4.